The van der Waals surface area contributed by atoms with Gasteiger partial charge < -0.3 is 0 Å². The zero-order valence-electron chi connectivity index (χ0n) is 10.5. The summed E-state index contributed by atoms with van der Waals surface area (Å²) in [6.45, 7) is 2.07. The van der Waals surface area contributed by atoms with E-state index >= 15 is 0 Å². The molecule has 0 atom stereocenters. The molecule has 0 saturated carbocycles. The molecular formula is C16H13IO2. The first-order valence-electron chi connectivity index (χ1n) is 5.99. The number of carbonyl (C=O) groups is 1. The molecule has 0 bridgehead atoms. The molecule has 3 heteroatoms. The fourth-order valence-corrected chi connectivity index (χ4v) is 5.57. The molecule has 0 amide bonds. The molecule has 0 unspecified atom stereocenters. The number of fused-ring (bicyclic) bond motifs is 1. The van der Waals surface area contributed by atoms with Crippen molar-refractivity contribution >= 4 is 32.3 Å². The van der Waals surface area contributed by atoms with Gasteiger partial charge in [0.1, 0.15) is 0 Å². The molecular weight excluding hydrogens is 351 g/mol. The van der Waals surface area contributed by atoms with E-state index < -0.39 is 20.2 Å². The van der Waals surface area contributed by atoms with Gasteiger partial charge in [0.2, 0.25) is 0 Å². The predicted octanol–water partition coefficient (Wildman–Crippen LogP) is 4.43. The molecule has 0 aromatic heterocycles. The molecule has 3 rings (SSSR count). The molecule has 0 aliphatic carbocycles. The number of halogens is 1. The molecule has 0 saturated heterocycles. The van der Waals surface area contributed by atoms with Crippen LogP contribution < -0.4 is 0 Å². The van der Waals surface area contributed by atoms with Crippen LogP contribution in [0.3, 0.4) is 0 Å². The summed E-state index contributed by atoms with van der Waals surface area (Å²) in [5, 5.41) is 0. The van der Waals surface area contributed by atoms with Crippen LogP contribution in [0.5, 0.6) is 0 Å². The third-order valence-corrected chi connectivity index (χ3v) is 6.87. The van der Waals surface area contributed by atoms with Crippen LogP contribution in [0.1, 0.15) is 21.5 Å². The van der Waals surface area contributed by atoms with Crippen LogP contribution in [0.25, 0.3) is 6.08 Å². The SMILES string of the molecule is Cc1ccc(/C=C/I2OC(=O)c3ccccc32)cc1. The Hall–Kier alpha value is -1.62. The molecule has 96 valence electrons. The normalized spacial score (nSPS) is 15.6. The number of hydrogen-bond donors (Lipinski definition) is 0. The molecule has 2 aromatic carbocycles. The van der Waals surface area contributed by atoms with Gasteiger partial charge in [-0.1, -0.05) is 0 Å². The van der Waals surface area contributed by atoms with Gasteiger partial charge in [0.15, 0.2) is 0 Å². The topological polar surface area (TPSA) is 26.3 Å². The van der Waals surface area contributed by atoms with Gasteiger partial charge in [0.25, 0.3) is 0 Å². The monoisotopic (exact) mass is 364 g/mol. The van der Waals surface area contributed by atoms with E-state index in [1.54, 1.807) is 0 Å². The molecule has 1 aliphatic rings. The van der Waals surface area contributed by atoms with Crippen molar-refractivity contribution < 1.29 is 7.86 Å². The number of hydrogen-bond acceptors (Lipinski definition) is 2. The number of aryl methyl sites for hydroxylation is 1. The number of rotatable bonds is 2. The van der Waals surface area contributed by atoms with Gasteiger partial charge in [-0.3, -0.25) is 0 Å². The van der Waals surface area contributed by atoms with Crippen molar-refractivity contribution in [1.82, 2.24) is 0 Å². The van der Waals surface area contributed by atoms with Crippen molar-refractivity contribution in [2.24, 2.45) is 0 Å². The quantitative estimate of drug-likeness (QED) is 0.738. The molecule has 0 radical (unpaired) electrons. The van der Waals surface area contributed by atoms with Crippen molar-refractivity contribution in [3.63, 3.8) is 0 Å². The molecule has 19 heavy (non-hydrogen) atoms. The van der Waals surface area contributed by atoms with Crippen LogP contribution in [0.4, 0.5) is 0 Å². The number of benzene rings is 2. The zero-order chi connectivity index (χ0) is 13.2. The maximum atomic E-state index is 11.7. The van der Waals surface area contributed by atoms with E-state index in [2.05, 4.69) is 41.3 Å². The Morgan fingerprint density at radius 2 is 1.79 bits per heavy atom. The first kappa shape index (κ1) is 12.4. The van der Waals surface area contributed by atoms with Gasteiger partial charge in [0, 0.05) is 0 Å². The summed E-state index contributed by atoms with van der Waals surface area (Å²) in [4.78, 5) is 11.7. The first-order chi connectivity index (χ1) is 9.24. The summed E-state index contributed by atoms with van der Waals surface area (Å²) < 4.78 is 8.69. The van der Waals surface area contributed by atoms with E-state index in [-0.39, 0.29) is 5.97 Å². The van der Waals surface area contributed by atoms with Crippen LogP contribution >= 0.6 is 20.2 Å². The fourth-order valence-electron chi connectivity index (χ4n) is 1.85. The minimum atomic E-state index is -1.94. The summed E-state index contributed by atoms with van der Waals surface area (Å²) >= 11 is -1.94. The van der Waals surface area contributed by atoms with Gasteiger partial charge in [-0.15, -0.1) is 0 Å². The van der Waals surface area contributed by atoms with Crippen molar-refractivity contribution in [2.75, 3.05) is 0 Å². The van der Waals surface area contributed by atoms with Crippen LogP contribution in [-0.4, -0.2) is 5.97 Å². The molecule has 1 heterocycles. The Morgan fingerprint density at radius 1 is 1.05 bits per heavy atom. The predicted molar refractivity (Wildman–Crippen MR) is 84.8 cm³/mol. The third kappa shape index (κ3) is 2.56. The van der Waals surface area contributed by atoms with Crippen molar-refractivity contribution in [2.45, 2.75) is 6.92 Å². The average Bonchev–Trinajstić information content (AvgIpc) is 2.76. The average molecular weight is 364 g/mol. The Kier molecular flexibility index (Phi) is 3.38. The van der Waals surface area contributed by atoms with E-state index in [4.69, 9.17) is 3.07 Å². The summed E-state index contributed by atoms with van der Waals surface area (Å²) in [5.74, 6) is -0.172. The van der Waals surface area contributed by atoms with Crippen molar-refractivity contribution in [3.8, 4) is 0 Å². The second kappa shape index (κ2) is 5.17. The maximum absolute atomic E-state index is 11.7. The molecule has 0 N–H and O–H groups in total. The second-order valence-electron chi connectivity index (χ2n) is 4.32. The van der Waals surface area contributed by atoms with Gasteiger partial charge in [-0.25, -0.2) is 0 Å². The summed E-state index contributed by atoms with van der Waals surface area (Å²) in [7, 11) is 0. The number of carbonyl (C=O) groups excluding carboxylic acids is 1. The van der Waals surface area contributed by atoms with E-state index in [0.717, 1.165) is 14.7 Å². The molecule has 1 aliphatic heterocycles. The van der Waals surface area contributed by atoms with Crippen molar-refractivity contribution in [3.05, 3.63) is 72.9 Å². The fraction of sp³-hybridized carbons (Fsp3) is 0.0625. The van der Waals surface area contributed by atoms with Gasteiger partial charge >= 0.3 is 120 Å². The summed E-state index contributed by atoms with van der Waals surface area (Å²) in [6.07, 6.45) is 2.06. The van der Waals surface area contributed by atoms with Crippen LogP contribution in [0.15, 0.2) is 52.6 Å². The Morgan fingerprint density at radius 3 is 2.58 bits per heavy atom. The van der Waals surface area contributed by atoms with Crippen LogP contribution in [-0.2, 0) is 3.07 Å². The van der Waals surface area contributed by atoms with Crippen LogP contribution in [0, 0.1) is 10.5 Å². The van der Waals surface area contributed by atoms with E-state index in [0.29, 0.717) is 0 Å². The Balaban J connectivity index is 1.85. The van der Waals surface area contributed by atoms with E-state index in [1.165, 1.54) is 5.56 Å². The van der Waals surface area contributed by atoms with Gasteiger partial charge in [0.05, 0.1) is 0 Å². The van der Waals surface area contributed by atoms with Gasteiger partial charge in [-0.2, -0.15) is 0 Å². The van der Waals surface area contributed by atoms with E-state index in [1.807, 2.05) is 24.3 Å². The van der Waals surface area contributed by atoms with E-state index in [9.17, 15) is 4.79 Å². The first-order valence-corrected chi connectivity index (χ1v) is 9.20. The van der Waals surface area contributed by atoms with Gasteiger partial charge in [-0.05, 0) is 0 Å². The standard InChI is InChI=1S/C16H13IO2/c1-12-6-8-13(9-7-12)10-11-17-15-5-3-2-4-14(15)16(18)19-17/h2-11H,1H3/b11-10+. The summed E-state index contributed by atoms with van der Waals surface area (Å²) in [6, 6.07) is 16.0. The Labute approximate surface area is 120 Å². The minimum absolute atomic E-state index is 0.172. The zero-order valence-corrected chi connectivity index (χ0v) is 12.6. The van der Waals surface area contributed by atoms with Crippen LogP contribution in [0.2, 0.25) is 0 Å². The molecule has 0 fully saturated rings. The molecule has 2 nitrogen and oxygen atoms in total. The third-order valence-electron chi connectivity index (χ3n) is 2.89. The molecule has 2 aromatic rings. The van der Waals surface area contributed by atoms with Crippen molar-refractivity contribution in [1.29, 1.82) is 0 Å². The molecule has 0 spiro atoms. The second-order valence-corrected chi connectivity index (χ2v) is 8.22. The summed E-state index contributed by atoms with van der Waals surface area (Å²) in [5.41, 5.74) is 3.12. The Bertz CT molecular complexity index is 644.